The van der Waals surface area contributed by atoms with Crippen molar-refractivity contribution in [2.24, 2.45) is 12.5 Å². The van der Waals surface area contributed by atoms with Crippen LogP contribution in [-0.2, 0) is 12.5 Å². The molecule has 0 spiro atoms. The zero-order valence-corrected chi connectivity index (χ0v) is 26.7. The third-order valence-corrected chi connectivity index (χ3v) is 13.0. The molecule has 0 unspecified atom stereocenters. The molecular weight excluding hydrogens is 574 g/mol. The number of benzene rings is 3. The topological polar surface area (TPSA) is 3.88 Å². The fraction of sp³-hybridized carbons (Fsp3) is 0.417. The molecule has 3 aromatic carbocycles. The van der Waals surface area contributed by atoms with Gasteiger partial charge >= 0.3 is 241 Å². The van der Waals surface area contributed by atoms with Gasteiger partial charge in [0.05, 0.1) is 0 Å². The van der Waals surface area contributed by atoms with Crippen LogP contribution in [-0.4, -0.2) is 20.4 Å². The van der Waals surface area contributed by atoms with Crippen molar-refractivity contribution < 1.29 is 5.94 Å². The average molecular weight is 617 g/mol. The molecule has 0 bridgehead atoms. The van der Waals surface area contributed by atoms with E-state index in [4.69, 9.17) is 0 Å². The first-order chi connectivity index (χ1) is 18.3. The zero-order chi connectivity index (χ0) is 27.9. The first-order valence-electron chi connectivity index (χ1n) is 14.7. The minimum absolute atomic E-state index is 0.0563. The van der Waals surface area contributed by atoms with Gasteiger partial charge in [0.25, 0.3) is 0 Å². The van der Waals surface area contributed by atoms with Crippen LogP contribution in [0.3, 0.4) is 0 Å². The molecule has 5 aromatic rings. The third kappa shape index (κ3) is 4.24. The fourth-order valence-corrected chi connectivity index (χ4v) is 10.6. The first-order valence-corrected chi connectivity index (χ1v) is 16.5. The number of rotatable bonds is 2. The van der Waals surface area contributed by atoms with Crippen molar-refractivity contribution in [3.8, 4) is 11.3 Å². The third-order valence-electron chi connectivity index (χ3n) is 9.14. The molecule has 2 aromatic heterocycles. The van der Waals surface area contributed by atoms with Gasteiger partial charge in [-0.25, -0.2) is 0 Å². The van der Waals surface area contributed by atoms with Crippen molar-refractivity contribution in [3.63, 3.8) is 0 Å². The molecule has 0 amide bonds. The van der Waals surface area contributed by atoms with Crippen LogP contribution >= 0.6 is 0 Å². The van der Waals surface area contributed by atoms with Gasteiger partial charge in [0.1, 0.15) is 0 Å². The molecule has 196 valence electrons. The van der Waals surface area contributed by atoms with E-state index in [1.54, 1.807) is 6.80 Å². The molecular formula is C36H42NTe+. The Balaban J connectivity index is 1.61. The van der Waals surface area contributed by atoms with Gasteiger partial charge in [-0.2, -0.15) is 0 Å². The van der Waals surface area contributed by atoms with Crippen molar-refractivity contribution in [2.75, 3.05) is 0 Å². The predicted molar refractivity (Wildman–Crippen MR) is 166 cm³/mol. The van der Waals surface area contributed by atoms with Crippen molar-refractivity contribution in [1.82, 2.24) is 0 Å². The average Bonchev–Trinajstić information content (AvgIpc) is 3.26. The molecule has 38 heavy (non-hydrogen) atoms. The summed E-state index contributed by atoms with van der Waals surface area (Å²) in [7, 11) is 2.22. The fourth-order valence-electron chi connectivity index (χ4n) is 6.66. The van der Waals surface area contributed by atoms with Gasteiger partial charge in [-0.05, 0) is 0 Å². The maximum atomic E-state index is 9.51. The van der Waals surface area contributed by atoms with E-state index in [-0.39, 0.29) is 5.41 Å². The monoisotopic (exact) mass is 619 g/mol. The Morgan fingerprint density at radius 1 is 0.868 bits per heavy atom. The van der Waals surface area contributed by atoms with Crippen LogP contribution in [0.5, 0.6) is 0 Å². The number of hydrogen-bond donors (Lipinski definition) is 0. The van der Waals surface area contributed by atoms with E-state index in [1.807, 2.05) is 0 Å². The summed E-state index contributed by atoms with van der Waals surface area (Å²) in [6.07, 6.45) is 6.49. The van der Waals surface area contributed by atoms with Crippen LogP contribution in [0.4, 0.5) is 0 Å². The van der Waals surface area contributed by atoms with E-state index in [1.165, 1.54) is 55.1 Å². The maximum absolute atomic E-state index is 9.51. The van der Waals surface area contributed by atoms with Crippen molar-refractivity contribution in [1.29, 1.82) is 0 Å². The summed E-state index contributed by atoms with van der Waals surface area (Å²) >= 11 is -0.601. The van der Waals surface area contributed by atoms with Crippen molar-refractivity contribution in [2.45, 2.75) is 85.5 Å². The summed E-state index contributed by atoms with van der Waals surface area (Å²) in [6.45, 7) is 16.4. The first kappa shape index (κ1) is 24.9. The van der Waals surface area contributed by atoms with Crippen LogP contribution in [0.2, 0.25) is 0 Å². The second kappa shape index (κ2) is 9.21. The molecule has 0 saturated heterocycles. The van der Waals surface area contributed by atoms with Gasteiger partial charge in [0, 0.05) is 0 Å². The van der Waals surface area contributed by atoms with Crippen LogP contribution in [0.1, 0.15) is 89.8 Å². The van der Waals surface area contributed by atoms with Gasteiger partial charge < -0.3 is 0 Å². The zero-order valence-electron chi connectivity index (χ0n) is 25.4. The predicted octanol–water partition coefficient (Wildman–Crippen LogP) is 9.29. The minimum atomic E-state index is -0.601. The van der Waals surface area contributed by atoms with E-state index in [2.05, 4.69) is 115 Å². The van der Waals surface area contributed by atoms with Gasteiger partial charge in [0.2, 0.25) is 0 Å². The molecule has 1 aliphatic carbocycles. The van der Waals surface area contributed by atoms with E-state index >= 15 is 0 Å². The second-order valence-corrected chi connectivity index (χ2v) is 16.3. The van der Waals surface area contributed by atoms with Crippen molar-refractivity contribution >= 4 is 48.8 Å². The van der Waals surface area contributed by atoms with E-state index in [0.29, 0.717) is 5.41 Å². The Bertz CT molecular complexity index is 1760. The SMILES string of the molecule is [2H]C1(c2ccc3c([te]c4c(-c5cc(C(C)(C)C)c6ccccc6c5C)[n+](C)ccc43)c2C)CCC(C)(C)CC1. The van der Waals surface area contributed by atoms with Crippen LogP contribution in [0.15, 0.2) is 54.7 Å². The van der Waals surface area contributed by atoms with Crippen LogP contribution < -0.4 is 4.57 Å². The Morgan fingerprint density at radius 2 is 1.53 bits per heavy atom. The van der Waals surface area contributed by atoms with Crippen molar-refractivity contribution in [3.05, 3.63) is 77.0 Å². The summed E-state index contributed by atoms with van der Waals surface area (Å²) < 4.78 is 15.0. The quantitative estimate of drug-likeness (QED) is 0.137. The number of fused-ring (bicyclic) bond motifs is 4. The Labute approximate surface area is 239 Å². The molecule has 1 aliphatic rings. The van der Waals surface area contributed by atoms with Gasteiger partial charge in [-0.15, -0.1) is 0 Å². The summed E-state index contributed by atoms with van der Waals surface area (Å²) in [5, 5.41) is 5.58. The molecule has 2 heterocycles. The number of aromatic nitrogens is 1. The number of aryl methyl sites for hydroxylation is 3. The van der Waals surface area contributed by atoms with Gasteiger partial charge in [-0.3, -0.25) is 0 Å². The van der Waals surface area contributed by atoms with Gasteiger partial charge in [-0.1, -0.05) is 0 Å². The molecule has 6 rings (SSSR count). The van der Waals surface area contributed by atoms with Crippen LogP contribution in [0.25, 0.3) is 39.6 Å². The summed E-state index contributed by atoms with van der Waals surface area (Å²) in [4.78, 5) is 0. The Morgan fingerprint density at radius 3 is 2.21 bits per heavy atom. The molecule has 0 N–H and O–H groups in total. The molecule has 0 atom stereocenters. The number of hydrogen-bond acceptors (Lipinski definition) is 0. The van der Waals surface area contributed by atoms with Crippen LogP contribution in [0, 0.1) is 19.3 Å². The standard InChI is InChI=1S/C36H42NTe/c1-22-26-11-9-10-12-27(26)31(35(3,4)5)21-30(22)32-34-29(17-20-37(32)8)28-14-13-25(23(2)33(28)38-34)24-15-18-36(6,7)19-16-24/h9-14,17,20-21,24H,15-16,18-19H2,1-8H3/q+1/i24D. The summed E-state index contributed by atoms with van der Waals surface area (Å²) in [5.41, 5.74) is 8.67. The Kier molecular flexibility index (Phi) is 6.03. The molecule has 1 saturated carbocycles. The second-order valence-electron chi connectivity index (χ2n) is 13.4. The number of nitrogens with zero attached hydrogens (tertiary/aromatic N) is 1. The molecule has 1 fully saturated rings. The van der Waals surface area contributed by atoms with E-state index in [9.17, 15) is 1.37 Å². The molecule has 0 radical (unpaired) electrons. The Hall–Kier alpha value is -2.14. The normalized spacial score (nSPS) is 17.8. The van der Waals surface area contributed by atoms with E-state index in [0.717, 1.165) is 25.7 Å². The molecule has 2 heteroatoms. The molecule has 1 nitrogen and oxygen atoms in total. The summed E-state index contributed by atoms with van der Waals surface area (Å²) in [6, 6.07) is 18.5. The summed E-state index contributed by atoms with van der Waals surface area (Å²) in [5.74, 6) is -0.444. The van der Waals surface area contributed by atoms with Gasteiger partial charge in [0.15, 0.2) is 0 Å². The number of pyridine rings is 1. The molecule has 0 aliphatic heterocycles. The van der Waals surface area contributed by atoms with E-state index < -0.39 is 26.3 Å².